The normalized spacial score (nSPS) is 13.0. The molecule has 0 aromatic heterocycles. The molecule has 0 radical (unpaired) electrons. The Kier molecular flexibility index (Phi) is 47.6. The average Bonchev–Trinajstić information content (AvgIpc) is 3.29. The molecule has 0 aliphatic rings. The number of amides is 1. The van der Waals surface area contributed by atoms with Crippen molar-refractivity contribution in [2.75, 3.05) is 40.4 Å². The minimum absolute atomic E-state index is 0.0478. The SMILES string of the molecule is CCCCCCCCCC(=O)N(CCCN(C)C)C(CCCCCCCCCOC(=O)C(CCCC)CCCCCC)CCCCCCCCCOC(=O)C(CCCC)CCCCCC. The molecule has 2 atom stereocenters. The van der Waals surface area contributed by atoms with E-state index < -0.39 is 0 Å². The number of carbonyl (C=O) groups is 3. The van der Waals surface area contributed by atoms with Crippen LogP contribution in [0.5, 0.6) is 0 Å². The molecule has 386 valence electrons. The molecule has 2 unspecified atom stereocenters. The van der Waals surface area contributed by atoms with Gasteiger partial charge < -0.3 is 19.3 Å². The number of ether oxygens (including phenoxy) is 2. The van der Waals surface area contributed by atoms with Crippen LogP contribution in [-0.2, 0) is 23.9 Å². The summed E-state index contributed by atoms with van der Waals surface area (Å²) in [6.07, 6.45) is 47.2. The zero-order valence-corrected chi connectivity index (χ0v) is 45.0. The van der Waals surface area contributed by atoms with Crippen molar-refractivity contribution in [1.29, 1.82) is 0 Å². The van der Waals surface area contributed by atoms with Crippen molar-refractivity contribution >= 4 is 17.8 Å². The highest BCUT2D eigenvalue weighted by molar-refractivity contribution is 5.76. The van der Waals surface area contributed by atoms with Crippen LogP contribution in [0.2, 0.25) is 0 Å². The second-order valence-corrected chi connectivity index (χ2v) is 20.5. The molecule has 0 saturated carbocycles. The number of nitrogens with zero attached hydrogens (tertiary/aromatic N) is 2. The van der Waals surface area contributed by atoms with Gasteiger partial charge in [0.05, 0.1) is 25.0 Å². The van der Waals surface area contributed by atoms with Gasteiger partial charge in [0.1, 0.15) is 0 Å². The second kappa shape index (κ2) is 48.8. The summed E-state index contributed by atoms with van der Waals surface area (Å²) in [5, 5.41) is 0. The topological polar surface area (TPSA) is 76.2 Å². The van der Waals surface area contributed by atoms with Crippen LogP contribution < -0.4 is 0 Å². The van der Waals surface area contributed by atoms with Crippen molar-refractivity contribution in [3.8, 4) is 0 Å². The maximum Gasteiger partial charge on any atom is 0.308 e. The van der Waals surface area contributed by atoms with Gasteiger partial charge in [-0.2, -0.15) is 0 Å². The van der Waals surface area contributed by atoms with E-state index in [0.29, 0.717) is 31.6 Å². The van der Waals surface area contributed by atoms with Crippen LogP contribution in [0.1, 0.15) is 298 Å². The number of esters is 2. The Morgan fingerprint density at radius 2 is 0.677 bits per heavy atom. The van der Waals surface area contributed by atoms with Crippen molar-refractivity contribution in [2.24, 2.45) is 11.8 Å². The Bertz CT molecular complexity index is 980. The summed E-state index contributed by atoms with van der Waals surface area (Å²) in [5.74, 6) is 0.672. The fourth-order valence-corrected chi connectivity index (χ4v) is 9.51. The van der Waals surface area contributed by atoms with Gasteiger partial charge in [-0.05, 0) is 84.8 Å². The monoisotopic (exact) mass is 919 g/mol. The molecule has 1 amide bonds. The van der Waals surface area contributed by atoms with Gasteiger partial charge >= 0.3 is 11.9 Å². The van der Waals surface area contributed by atoms with Crippen LogP contribution >= 0.6 is 0 Å². The summed E-state index contributed by atoms with van der Waals surface area (Å²) < 4.78 is 11.6. The van der Waals surface area contributed by atoms with E-state index in [1.54, 1.807) is 0 Å². The number of carbonyl (C=O) groups excluding carboxylic acids is 3. The van der Waals surface area contributed by atoms with Gasteiger partial charge in [-0.15, -0.1) is 0 Å². The van der Waals surface area contributed by atoms with E-state index in [2.05, 4.69) is 58.5 Å². The molecule has 0 N–H and O–H groups in total. The molecule has 0 aliphatic carbocycles. The maximum atomic E-state index is 14.0. The predicted octanol–water partition coefficient (Wildman–Crippen LogP) is 17.2. The first kappa shape index (κ1) is 63.4. The molecule has 0 rings (SSSR count). The lowest BCUT2D eigenvalue weighted by atomic mass is 9.95. The molecule has 0 saturated heterocycles. The first-order valence-corrected chi connectivity index (χ1v) is 29.0. The third kappa shape index (κ3) is 40.0. The van der Waals surface area contributed by atoms with Gasteiger partial charge in [0.25, 0.3) is 0 Å². The third-order valence-corrected chi connectivity index (χ3v) is 13.9. The lowest BCUT2D eigenvalue weighted by Gasteiger charge is -2.33. The van der Waals surface area contributed by atoms with Crippen LogP contribution in [-0.4, -0.2) is 74.1 Å². The first-order chi connectivity index (χ1) is 31.7. The molecule has 0 fully saturated rings. The summed E-state index contributed by atoms with van der Waals surface area (Å²) >= 11 is 0. The molecule has 7 heteroatoms. The number of unbranched alkanes of at least 4 members (excludes halogenated alkanes) is 26. The van der Waals surface area contributed by atoms with Crippen molar-refractivity contribution in [3.63, 3.8) is 0 Å². The highest BCUT2D eigenvalue weighted by atomic mass is 16.5. The summed E-state index contributed by atoms with van der Waals surface area (Å²) in [6, 6.07) is 0.346. The summed E-state index contributed by atoms with van der Waals surface area (Å²) in [7, 11) is 4.28. The van der Waals surface area contributed by atoms with Crippen molar-refractivity contribution < 1.29 is 23.9 Å². The van der Waals surface area contributed by atoms with Crippen LogP contribution in [0.15, 0.2) is 0 Å². The van der Waals surface area contributed by atoms with Crippen molar-refractivity contribution in [1.82, 2.24) is 9.80 Å². The third-order valence-electron chi connectivity index (χ3n) is 13.9. The molecule has 0 spiro atoms. The van der Waals surface area contributed by atoms with Gasteiger partial charge in [0, 0.05) is 19.0 Å². The molecular weight excluding hydrogens is 805 g/mol. The highest BCUT2D eigenvalue weighted by Crippen LogP contribution is 2.24. The predicted molar refractivity (Wildman–Crippen MR) is 281 cm³/mol. The highest BCUT2D eigenvalue weighted by Gasteiger charge is 2.23. The largest absolute Gasteiger partial charge is 0.465 e. The number of rotatable bonds is 51. The Morgan fingerprint density at radius 1 is 0.354 bits per heavy atom. The van der Waals surface area contributed by atoms with E-state index in [9.17, 15) is 14.4 Å². The minimum Gasteiger partial charge on any atom is -0.465 e. The molecule has 0 aliphatic heterocycles. The van der Waals surface area contributed by atoms with E-state index in [4.69, 9.17) is 9.47 Å². The minimum atomic E-state index is 0.0478. The van der Waals surface area contributed by atoms with E-state index in [1.165, 1.54) is 141 Å². The van der Waals surface area contributed by atoms with Crippen LogP contribution in [0, 0.1) is 11.8 Å². The standard InChI is InChI=1S/C58H114N2O5/c1-8-13-18-21-24-31-38-48-56(61)60(50-41-49-59(6)7)55(46-36-29-25-22-27-32-39-51-64-57(62)53(42-16-11-4)44-34-19-14-9-2)47-37-30-26-23-28-33-40-52-65-58(63)54(43-17-12-5)45-35-20-15-10-3/h53-55H,8-52H2,1-7H3. The smallest absolute Gasteiger partial charge is 0.308 e. The van der Waals surface area contributed by atoms with E-state index >= 15 is 0 Å². The quantitative estimate of drug-likeness (QED) is 0.0447. The first-order valence-electron chi connectivity index (χ1n) is 29.0. The Labute approximate surface area is 406 Å². The summed E-state index contributed by atoms with van der Waals surface area (Å²) in [6.45, 7) is 14.2. The van der Waals surface area contributed by atoms with Gasteiger partial charge in [-0.1, -0.05) is 227 Å². The number of hydrogen-bond acceptors (Lipinski definition) is 6. The van der Waals surface area contributed by atoms with Crippen molar-refractivity contribution in [2.45, 2.75) is 304 Å². The van der Waals surface area contributed by atoms with Gasteiger partial charge in [0.15, 0.2) is 0 Å². The molecule has 0 aromatic rings. The average molecular weight is 920 g/mol. The molecular formula is C58H114N2O5. The molecule has 7 nitrogen and oxygen atoms in total. The summed E-state index contributed by atoms with van der Waals surface area (Å²) in [4.78, 5) is 44.2. The fraction of sp³-hybridized carbons (Fsp3) is 0.948. The van der Waals surface area contributed by atoms with Crippen molar-refractivity contribution in [3.05, 3.63) is 0 Å². The second-order valence-electron chi connectivity index (χ2n) is 20.5. The molecule has 0 aromatic carbocycles. The maximum absolute atomic E-state index is 14.0. The van der Waals surface area contributed by atoms with Crippen LogP contribution in [0.4, 0.5) is 0 Å². The fourth-order valence-electron chi connectivity index (χ4n) is 9.51. The zero-order chi connectivity index (χ0) is 47.9. The summed E-state index contributed by atoms with van der Waals surface area (Å²) in [5.41, 5.74) is 0. The Hall–Kier alpha value is -1.63. The van der Waals surface area contributed by atoms with Gasteiger partial charge in [-0.3, -0.25) is 14.4 Å². The lowest BCUT2D eigenvalue weighted by Crippen LogP contribution is -2.41. The Morgan fingerprint density at radius 3 is 1.08 bits per heavy atom. The lowest BCUT2D eigenvalue weighted by molar-refractivity contribution is -0.150. The van der Waals surface area contributed by atoms with E-state index in [-0.39, 0.29) is 23.8 Å². The molecule has 0 heterocycles. The van der Waals surface area contributed by atoms with E-state index in [0.717, 1.165) is 129 Å². The van der Waals surface area contributed by atoms with Gasteiger partial charge in [0.2, 0.25) is 5.91 Å². The van der Waals surface area contributed by atoms with E-state index in [1.807, 2.05) is 0 Å². The van der Waals surface area contributed by atoms with Gasteiger partial charge in [-0.25, -0.2) is 0 Å². The molecule has 65 heavy (non-hydrogen) atoms. The molecule has 0 bridgehead atoms. The van der Waals surface area contributed by atoms with Crippen LogP contribution in [0.25, 0.3) is 0 Å². The Balaban J connectivity index is 4.96. The van der Waals surface area contributed by atoms with Crippen LogP contribution in [0.3, 0.4) is 0 Å². The number of hydrogen-bond donors (Lipinski definition) is 0. The zero-order valence-electron chi connectivity index (χ0n) is 45.0.